The Balaban J connectivity index is 0.000000640. The molecule has 0 spiro atoms. The summed E-state index contributed by atoms with van der Waals surface area (Å²) in [5.41, 5.74) is 6.49. The Labute approximate surface area is 67.4 Å². The monoisotopic (exact) mass is 113 g/mol. The first-order valence-corrected chi connectivity index (χ1v) is 2.58. The first kappa shape index (κ1) is 8.78. The standard InChI is InChI=1S/C7H8N.Li/c8-6-7-4-2-1-3-5-7;/h2-5H,6,8H2;/q-1;+1. The Morgan fingerprint density at radius 3 is 2.22 bits per heavy atom. The van der Waals surface area contributed by atoms with E-state index in [9.17, 15) is 0 Å². The largest absolute Gasteiger partial charge is 1.00 e. The van der Waals surface area contributed by atoms with Crippen molar-refractivity contribution in [2.45, 2.75) is 6.54 Å². The Morgan fingerprint density at radius 2 is 1.89 bits per heavy atom. The average molecular weight is 113 g/mol. The molecule has 1 nitrogen and oxygen atoms in total. The number of hydrogen-bond acceptors (Lipinski definition) is 1. The van der Waals surface area contributed by atoms with Crippen molar-refractivity contribution < 1.29 is 18.9 Å². The first-order chi connectivity index (χ1) is 3.93. The van der Waals surface area contributed by atoms with E-state index >= 15 is 0 Å². The van der Waals surface area contributed by atoms with Gasteiger partial charge < -0.3 is 5.73 Å². The van der Waals surface area contributed by atoms with Crippen LogP contribution in [-0.4, -0.2) is 0 Å². The third-order valence-electron chi connectivity index (χ3n) is 1.02. The van der Waals surface area contributed by atoms with Gasteiger partial charge in [-0.1, -0.05) is 0 Å². The molecule has 0 amide bonds. The van der Waals surface area contributed by atoms with Crippen LogP contribution in [0, 0.1) is 6.07 Å². The smallest absolute Gasteiger partial charge is 0.328 e. The summed E-state index contributed by atoms with van der Waals surface area (Å²) in [6, 6.07) is 10.6. The summed E-state index contributed by atoms with van der Waals surface area (Å²) in [5.74, 6) is 0. The SMILES string of the molecule is NCc1cc[c-]cc1.[Li+]. The molecule has 0 bridgehead atoms. The van der Waals surface area contributed by atoms with E-state index in [0.717, 1.165) is 5.56 Å². The van der Waals surface area contributed by atoms with Crippen LogP contribution < -0.4 is 24.6 Å². The maximum absolute atomic E-state index is 5.34. The Morgan fingerprint density at radius 1 is 1.33 bits per heavy atom. The number of rotatable bonds is 1. The van der Waals surface area contributed by atoms with Crippen LogP contribution in [0.2, 0.25) is 0 Å². The maximum Gasteiger partial charge on any atom is 1.00 e. The molecule has 1 rings (SSSR count). The van der Waals surface area contributed by atoms with Crippen LogP contribution in [0.25, 0.3) is 0 Å². The van der Waals surface area contributed by atoms with Gasteiger partial charge >= 0.3 is 18.9 Å². The topological polar surface area (TPSA) is 26.0 Å². The van der Waals surface area contributed by atoms with Gasteiger partial charge in [-0.15, -0.1) is 5.56 Å². The van der Waals surface area contributed by atoms with Gasteiger partial charge in [-0.3, -0.25) is 0 Å². The predicted octanol–water partition coefficient (Wildman–Crippen LogP) is -2.05. The molecule has 1 aromatic carbocycles. The summed E-state index contributed by atoms with van der Waals surface area (Å²) in [4.78, 5) is 0. The van der Waals surface area contributed by atoms with Crippen molar-refractivity contribution in [1.82, 2.24) is 0 Å². The molecular formula is C7H8LiN. The minimum Gasteiger partial charge on any atom is -0.328 e. The molecular weight excluding hydrogens is 105 g/mol. The van der Waals surface area contributed by atoms with E-state index in [1.165, 1.54) is 0 Å². The molecule has 0 atom stereocenters. The normalized spacial score (nSPS) is 8.11. The second-order valence-corrected chi connectivity index (χ2v) is 1.61. The molecule has 0 heterocycles. The number of nitrogens with two attached hydrogens (primary N) is 1. The third-order valence-corrected chi connectivity index (χ3v) is 1.02. The van der Waals surface area contributed by atoms with Gasteiger partial charge in [0.05, 0.1) is 0 Å². The molecule has 0 fully saturated rings. The van der Waals surface area contributed by atoms with Crippen LogP contribution in [0.1, 0.15) is 5.56 Å². The van der Waals surface area contributed by atoms with Crippen molar-refractivity contribution in [2.75, 3.05) is 0 Å². The fourth-order valence-corrected chi connectivity index (χ4v) is 0.557. The summed E-state index contributed by atoms with van der Waals surface area (Å²) < 4.78 is 0. The van der Waals surface area contributed by atoms with E-state index < -0.39 is 0 Å². The van der Waals surface area contributed by atoms with Gasteiger partial charge in [0.2, 0.25) is 0 Å². The minimum absolute atomic E-state index is 0. The molecule has 0 saturated carbocycles. The van der Waals surface area contributed by atoms with Gasteiger partial charge in [-0.05, 0) is 6.54 Å². The molecule has 0 aromatic heterocycles. The molecule has 2 N–H and O–H groups in total. The summed E-state index contributed by atoms with van der Waals surface area (Å²) in [6.07, 6.45) is 0. The van der Waals surface area contributed by atoms with Crippen LogP contribution in [0.3, 0.4) is 0 Å². The molecule has 9 heavy (non-hydrogen) atoms. The van der Waals surface area contributed by atoms with Gasteiger partial charge in [0.15, 0.2) is 0 Å². The minimum atomic E-state index is 0. The van der Waals surface area contributed by atoms with Crippen LogP contribution in [-0.2, 0) is 6.54 Å². The van der Waals surface area contributed by atoms with Crippen LogP contribution in [0.4, 0.5) is 0 Å². The van der Waals surface area contributed by atoms with Crippen molar-refractivity contribution in [3.8, 4) is 0 Å². The predicted molar refractivity (Wildman–Crippen MR) is 33.2 cm³/mol. The van der Waals surface area contributed by atoms with Crippen LogP contribution in [0.15, 0.2) is 24.3 Å². The van der Waals surface area contributed by atoms with Crippen molar-refractivity contribution in [3.63, 3.8) is 0 Å². The summed E-state index contributed by atoms with van der Waals surface area (Å²) >= 11 is 0. The quantitative estimate of drug-likeness (QED) is 0.329. The molecule has 0 aliphatic rings. The van der Waals surface area contributed by atoms with E-state index in [1.807, 2.05) is 24.3 Å². The third kappa shape index (κ3) is 2.72. The average Bonchev–Trinajstić information content (AvgIpc) is 1.90. The van der Waals surface area contributed by atoms with Crippen LogP contribution >= 0.6 is 0 Å². The number of benzene rings is 1. The van der Waals surface area contributed by atoms with E-state index in [2.05, 4.69) is 6.07 Å². The molecule has 0 unspecified atom stereocenters. The zero-order chi connectivity index (χ0) is 5.82. The van der Waals surface area contributed by atoms with Gasteiger partial charge in [0, 0.05) is 0 Å². The van der Waals surface area contributed by atoms with Crippen molar-refractivity contribution >= 4 is 0 Å². The molecule has 1 aromatic rings. The number of hydrogen-bond donors (Lipinski definition) is 1. The van der Waals surface area contributed by atoms with Crippen LogP contribution in [0.5, 0.6) is 0 Å². The van der Waals surface area contributed by atoms with E-state index in [4.69, 9.17) is 5.73 Å². The molecule has 42 valence electrons. The van der Waals surface area contributed by atoms with E-state index in [0.29, 0.717) is 6.54 Å². The van der Waals surface area contributed by atoms with Gasteiger partial charge in [-0.2, -0.15) is 30.3 Å². The zero-order valence-electron chi connectivity index (χ0n) is 5.59. The van der Waals surface area contributed by atoms with Gasteiger partial charge in [0.25, 0.3) is 0 Å². The Bertz CT molecular complexity index is 150. The van der Waals surface area contributed by atoms with E-state index in [-0.39, 0.29) is 18.9 Å². The zero-order valence-corrected chi connectivity index (χ0v) is 5.59. The fraction of sp³-hybridized carbons (Fsp3) is 0.143. The molecule has 0 aliphatic carbocycles. The summed E-state index contributed by atoms with van der Waals surface area (Å²) in [6.45, 7) is 0.620. The second kappa shape index (κ2) is 4.64. The van der Waals surface area contributed by atoms with Crippen molar-refractivity contribution in [1.29, 1.82) is 0 Å². The van der Waals surface area contributed by atoms with Crippen molar-refractivity contribution in [2.24, 2.45) is 5.73 Å². The van der Waals surface area contributed by atoms with Gasteiger partial charge in [0.1, 0.15) is 0 Å². The Kier molecular flexibility index (Phi) is 4.52. The first-order valence-electron chi connectivity index (χ1n) is 2.58. The maximum atomic E-state index is 5.34. The van der Waals surface area contributed by atoms with Crippen molar-refractivity contribution in [3.05, 3.63) is 35.9 Å². The van der Waals surface area contributed by atoms with Gasteiger partial charge in [-0.25, -0.2) is 0 Å². The Hall–Kier alpha value is -0.223. The summed E-state index contributed by atoms with van der Waals surface area (Å²) in [7, 11) is 0. The molecule has 0 saturated heterocycles. The second-order valence-electron chi connectivity index (χ2n) is 1.61. The summed E-state index contributed by atoms with van der Waals surface area (Å²) in [5, 5.41) is 0. The van der Waals surface area contributed by atoms with E-state index in [1.54, 1.807) is 0 Å². The molecule has 0 aliphatic heterocycles. The fourth-order valence-electron chi connectivity index (χ4n) is 0.557. The molecule has 0 radical (unpaired) electrons. The molecule has 2 heteroatoms.